The fourth-order valence-electron chi connectivity index (χ4n) is 4.02. The van der Waals surface area contributed by atoms with Gasteiger partial charge in [-0.1, -0.05) is 55.7 Å². The molecule has 22 heavy (non-hydrogen) atoms. The number of hydrogen-bond acceptors (Lipinski definition) is 2. The van der Waals surface area contributed by atoms with Crippen molar-refractivity contribution in [3.8, 4) is 0 Å². The average Bonchev–Trinajstić information content (AvgIpc) is 2.77. The molecule has 0 aliphatic carbocycles. The Kier molecular flexibility index (Phi) is 6.22. The summed E-state index contributed by atoms with van der Waals surface area (Å²) in [5, 5.41) is 0. The largest absolute Gasteiger partial charge is 0.320 e. The molecule has 0 amide bonds. The first kappa shape index (κ1) is 17.2. The van der Waals surface area contributed by atoms with Crippen LogP contribution in [0.25, 0.3) is 0 Å². The molecular formula is C20H32N2. The van der Waals surface area contributed by atoms with E-state index in [0.717, 1.165) is 12.8 Å². The van der Waals surface area contributed by atoms with Crippen molar-refractivity contribution in [3.63, 3.8) is 0 Å². The fourth-order valence-corrected chi connectivity index (χ4v) is 4.02. The molecule has 2 heteroatoms. The van der Waals surface area contributed by atoms with E-state index in [-0.39, 0.29) is 5.54 Å². The van der Waals surface area contributed by atoms with E-state index in [9.17, 15) is 0 Å². The zero-order chi connectivity index (χ0) is 16.0. The molecule has 2 nitrogen and oxygen atoms in total. The molecule has 0 bridgehead atoms. The van der Waals surface area contributed by atoms with Gasteiger partial charge in [-0.2, -0.15) is 0 Å². The van der Waals surface area contributed by atoms with E-state index < -0.39 is 0 Å². The van der Waals surface area contributed by atoms with E-state index in [1.54, 1.807) is 0 Å². The highest BCUT2D eigenvalue weighted by Gasteiger charge is 2.39. The van der Waals surface area contributed by atoms with Gasteiger partial charge in [0, 0.05) is 6.04 Å². The Bertz CT molecular complexity index is 460. The molecule has 2 N–H and O–H groups in total. The highest BCUT2D eigenvalue weighted by molar-refractivity contribution is 5.28. The first-order valence-electron chi connectivity index (χ1n) is 8.80. The predicted octanol–water partition coefficient (Wildman–Crippen LogP) is 4.46. The maximum absolute atomic E-state index is 7.05. The number of rotatable bonds is 6. The van der Waals surface area contributed by atoms with Gasteiger partial charge in [-0.3, -0.25) is 4.90 Å². The smallest absolute Gasteiger partial charge is 0.0604 e. The second kappa shape index (κ2) is 7.94. The molecule has 0 spiro atoms. The number of hydrogen-bond donors (Lipinski definition) is 1. The summed E-state index contributed by atoms with van der Waals surface area (Å²) in [6, 6.07) is 11.0. The minimum atomic E-state index is -0.341. The summed E-state index contributed by atoms with van der Waals surface area (Å²) in [5.74, 6) is 0. The first-order valence-corrected chi connectivity index (χ1v) is 8.80. The molecular weight excluding hydrogens is 268 g/mol. The molecule has 1 aromatic carbocycles. The van der Waals surface area contributed by atoms with Crippen LogP contribution < -0.4 is 5.73 Å². The Balaban J connectivity index is 2.34. The highest BCUT2D eigenvalue weighted by atomic mass is 15.2. The number of nitrogens with two attached hydrogens (primary N) is 1. The number of nitrogens with zero attached hydrogens (tertiary/aromatic N) is 1. The lowest BCUT2D eigenvalue weighted by atomic mass is 9.77. The zero-order valence-corrected chi connectivity index (χ0v) is 14.4. The maximum atomic E-state index is 7.05. The standard InChI is InChI=1S/C20H32N2/c1-4-19(22-14-10-5-6-11-15-22)20(21,16-17(2)3)18-12-8-7-9-13-18/h7-9,12-13,19H,2,4-6,10-11,14-16,21H2,1,3H3. The van der Waals surface area contributed by atoms with Crippen molar-refractivity contribution >= 4 is 0 Å². The third-order valence-corrected chi connectivity index (χ3v) is 4.97. The van der Waals surface area contributed by atoms with Crippen LogP contribution in [0.3, 0.4) is 0 Å². The molecule has 0 radical (unpaired) electrons. The Morgan fingerprint density at radius 2 is 1.77 bits per heavy atom. The molecule has 1 aromatic rings. The average molecular weight is 300 g/mol. The molecule has 0 saturated carbocycles. The third-order valence-electron chi connectivity index (χ3n) is 4.97. The number of likely N-dealkylation sites (tertiary alicyclic amines) is 1. The Hall–Kier alpha value is -1.12. The maximum Gasteiger partial charge on any atom is 0.0604 e. The van der Waals surface area contributed by atoms with Gasteiger partial charge in [-0.05, 0) is 51.3 Å². The second-order valence-electron chi connectivity index (χ2n) is 6.91. The van der Waals surface area contributed by atoms with Crippen LogP contribution >= 0.6 is 0 Å². The lowest BCUT2D eigenvalue weighted by Gasteiger charge is -2.44. The van der Waals surface area contributed by atoms with Crippen LogP contribution in [0.4, 0.5) is 0 Å². The number of benzene rings is 1. The van der Waals surface area contributed by atoms with Gasteiger partial charge < -0.3 is 5.73 Å². The van der Waals surface area contributed by atoms with E-state index in [0.29, 0.717) is 6.04 Å². The molecule has 0 aromatic heterocycles. The molecule has 1 heterocycles. The molecule has 2 atom stereocenters. The normalized spacial score (nSPS) is 20.9. The highest BCUT2D eigenvalue weighted by Crippen LogP contribution is 2.34. The molecule has 1 aliphatic rings. The Labute approximate surface area is 136 Å². The summed E-state index contributed by atoms with van der Waals surface area (Å²) in [6.07, 6.45) is 7.25. The topological polar surface area (TPSA) is 29.3 Å². The van der Waals surface area contributed by atoms with Gasteiger partial charge >= 0.3 is 0 Å². The summed E-state index contributed by atoms with van der Waals surface area (Å²) in [5.41, 5.74) is 9.12. The summed E-state index contributed by atoms with van der Waals surface area (Å²) < 4.78 is 0. The minimum absolute atomic E-state index is 0.341. The molecule has 1 saturated heterocycles. The van der Waals surface area contributed by atoms with Gasteiger partial charge in [0.15, 0.2) is 0 Å². The van der Waals surface area contributed by atoms with Crippen LogP contribution in [0.5, 0.6) is 0 Å². The molecule has 1 aliphatic heterocycles. The van der Waals surface area contributed by atoms with E-state index in [1.165, 1.54) is 49.9 Å². The summed E-state index contributed by atoms with van der Waals surface area (Å²) in [4.78, 5) is 2.64. The second-order valence-corrected chi connectivity index (χ2v) is 6.91. The first-order chi connectivity index (χ1) is 10.6. The molecule has 2 rings (SSSR count). The van der Waals surface area contributed by atoms with Crippen LogP contribution in [-0.2, 0) is 5.54 Å². The quantitative estimate of drug-likeness (QED) is 0.786. The SMILES string of the molecule is C=C(C)CC(N)(c1ccccc1)C(CC)N1CCCCCC1. The van der Waals surface area contributed by atoms with Crippen LogP contribution in [-0.4, -0.2) is 24.0 Å². The van der Waals surface area contributed by atoms with E-state index in [1.807, 2.05) is 0 Å². The van der Waals surface area contributed by atoms with E-state index in [4.69, 9.17) is 5.73 Å². The summed E-state index contributed by atoms with van der Waals surface area (Å²) in [6.45, 7) is 10.9. The van der Waals surface area contributed by atoms with Crippen molar-refractivity contribution in [2.75, 3.05) is 13.1 Å². The minimum Gasteiger partial charge on any atom is -0.320 e. The predicted molar refractivity (Wildman–Crippen MR) is 95.9 cm³/mol. The van der Waals surface area contributed by atoms with E-state index in [2.05, 4.69) is 55.7 Å². The molecule has 122 valence electrons. The van der Waals surface area contributed by atoms with Gasteiger partial charge in [-0.15, -0.1) is 6.58 Å². The monoisotopic (exact) mass is 300 g/mol. The van der Waals surface area contributed by atoms with Crippen molar-refractivity contribution in [3.05, 3.63) is 48.0 Å². The summed E-state index contributed by atoms with van der Waals surface area (Å²) >= 11 is 0. The molecule has 2 unspecified atom stereocenters. The van der Waals surface area contributed by atoms with Crippen molar-refractivity contribution in [2.24, 2.45) is 5.73 Å². The Morgan fingerprint density at radius 1 is 1.18 bits per heavy atom. The van der Waals surface area contributed by atoms with Crippen LogP contribution in [0.15, 0.2) is 42.5 Å². The lowest BCUT2D eigenvalue weighted by molar-refractivity contribution is 0.116. The molecule has 1 fully saturated rings. The van der Waals surface area contributed by atoms with Crippen molar-refractivity contribution in [1.82, 2.24) is 4.90 Å². The lowest BCUT2D eigenvalue weighted by Crippen LogP contribution is -2.56. The third kappa shape index (κ3) is 3.99. The zero-order valence-electron chi connectivity index (χ0n) is 14.4. The van der Waals surface area contributed by atoms with Crippen molar-refractivity contribution in [1.29, 1.82) is 0 Å². The van der Waals surface area contributed by atoms with Gasteiger partial charge in [0.25, 0.3) is 0 Å². The van der Waals surface area contributed by atoms with Crippen LogP contribution in [0, 0.1) is 0 Å². The van der Waals surface area contributed by atoms with Gasteiger partial charge in [-0.25, -0.2) is 0 Å². The van der Waals surface area contributed by atoms with Crippen molar-refractivity contribution in [2.45, 2.75) is 64.0 Å². The van der Waals surface area contributed by atoms with E-state index >= 15 is 0 Å². The van der Waals surface area contributed by atoms with Crippen LogP contribution in [0.2, 0.25) is 0 Å². The van der Waals surface area contributed by atoms with Gasteiger partial charge in [0.1, 0.15) is 0 Å². The van der Waals surface area contributed by atoms with Gasteiger partial charge in [0.2, 0.25) is 0 Å². The summed E-state index contributed by atoms with van der Waals surface area (Å²) in [7, 11) is 0. The van der Waals surface area contributed by atoms with Gasteiger partial charge in [0.05, 0.1) is 5.54 Å². The van der Waals surface area contributed by atoms with Crippen molar-refractivity contribution < 1.29 is 0 Å². The Morgan fingerprint density at radius 3 is 2.27 bits per heavy atom. The fraction of sp³-hybridized carbons (Fsp3) is 0.600. The van der Waals surface area contributed by atoms with Crippen LogP contribution in [0.1, 0.15) is 57.9 Å².